The van der Waals surface area contributed by atoms with Crippen LogP contribution in [0.3, 0.4) is 0 Å². The predicted molar refractivity (Wildman–Crippen MR) is 120 cm³/mol. The van der Waals surface area contributed by atoms with Crippen molar-refractivity contribution in [1.82, 2.24) is 5.32 Å². The molecule has 0 aliphatic heterocycles. The second-order valence-corrected chi connectivity index (χ2v) is 8.89. The molecule has 1 fully saturated rings. The third-order valence-corrected chi connectivity index (χ3v) is 6.58. The SMILES string of the molecule is N#Cc1c(-c2ccc(Cl)c(Cl)c2)csc1OCc1ccc(CNCC2CC2)cc1. The lowest BCUT2D eigenvalue weighted by atomic mass is 10.1. The molecule has 29 heavy (non-hydrogen) atoms. The zero-order valence-electron chi connectivity index (χ0n) is 15.8. The van der Waals surface area contributed by atoms with E-state index in [-0.39, 0.29) is 0 Å². The smallest absolute Gasteiger partial charge is 0.192 e. The number of nitrogens with zero attached hydrogens (tertiary/aromatic N) is 1. The summed E-state index contributed by atoms with van der Waals surface area (Å²) in [7, 11) is 0. The van der Waals surface area contributed by atoms with Gasteiger partial charge in [0.05, 0.1) is 10.0 Å². The van der Waals surface area contributed by atoms with Crippen LogP contribution in [0.1, 0.15) is 29.5 Å². The van der Waals surface area contributed by atoms with Crippen molar-refractivity contribution in [2.75, 3.05) is 6.54 Å². The number of benzene rings is 2. The number of nitrogens with one attached hydrogen (secondary N) is 1. The summed E-state index contributed by atoms with van der Waals surface area (Å²) in [6, 6.07) is 16.0. The van der Waals surface area contributed by atoms with E-state index in [1.165, 1.54) is 29.7 Å². The van der Waals surface area contributed by atoms with E-state index < -0.39 is 0 Å². The van der Waals surface area contributed by atoms with Gasteiger partial charge in [0.25, 0.3) is 0 Å². The molecule has 4 rings (SSSR count). The van der Waals surface area contributed by atoms with E-state index in [1.54, 1.807) is 12.1 Å². The van der Waals surface area contributed by atoms with Crippen LogP contribution in [0.2, 0.25) is 10.0 Å². The van der Waals surface area contributed by atoms with Crippen LogP contribution in [0.25, 0.3) is 11.1 Å². The molecule has 1 aliphatic rings. The molecule has 3 aromatic rings. The van der Waals surface area contributed by atoms with Crippen LogP contribution in [0.15, 0.2) is 47.8 Å². The van der Waals surface area contributed by atoms with Gasteiger partial charge < -0.3 is 10.1 Å². The summed E-state index contributed by atoms with van der Waals surface area (Å²) in [5, 5.41) is 16.6. The van der Waals surface area contributed by atoms with Crippen molar-refractivity contribution in [3.05, 3.63) is 74.6 Å². The molecule has 3 nitrogen and oxygen atoms in total. The molecule has 2 aromatic carbocycles. The van der Waals surface area contributed by atoms with Gasteiger partial charge in [-0.05, 0) is 54.1 Å². The summed E-state index contributed by atoms with van der Waals surface area (Å²) in [6.07, 6.45) is 2.73. The van der Waals surface area contributed by atoms with Crippen molar-refractivity contribution >= 4 is 34.5 Å². The molecule has 1 saturated carbocycles. The van der Waals surface area contributed by atoms with Gasteiger partial charge in [0.2, 0.25) is 0 Å². The number of thiophene rings is 1. The fraction of sp³-hybridized carbons (Fsp3) is 0.261. The fourth-order valence-electron chi connectivity index (χ4n) is 3.07. The standard InChI is InChI=1S/C23H20Cl2N2OS/c24-21-8-7-18(9-22(21)25)20-14-29-23(19(20)10-26)28-13-17-5-3-16(4-6-17)12-27-11-15-1-2-15/h3-9,14-15,27H,1-2,11-13H2. The number of ether oxygens (including phenoxy) is 1. The Bertz CT molecular complexity index is 1040. The molecule has 0 amide bonds. The van der Waals surface area contributed by atoms with Crippen molar-refractivity contribution in [3.8, 4) is 22.3 Å². The highest BCUT2D eigenvalue weighted by Crippen LogP contribution is 2.39. The first-order chi connectivity index (χ1) is 14.1. The molecule has 1 aromatic heterocycles. The van der Waals surface area contributed by atoms with E-state index in [9.17, 15) is 5.26 Å². The van der Waals surface area contributed by atoms with E-state index in [1.807, 2.05) is 11.4 Å². The Hall–Kier alpha value is -2.03. The summed E-state index contributed by atoms with van der Waals surface area (Å²) in [5.74, 6) is 0.886. The van der Waals surface area contributed by atoms with E-state index in [0.29, 0.717) is 27.3 Å². The summed E-state index contributed by atoms with van der Waals surface area (Å²) in [5.41, 5.74) is 4.52. The fourth-order valence-corrected chi connectivity index (χ4v) is 4.25. The van der Waals surface area contributed by atoms with Gasteiger partial charge in [0.15, 0.2) is 5.06 Å². The Morgan fingerprint density at radius 2 is 1.83 bits per heavy atom. The lowest BCUT2D eigenvalue weighted by Gasteiger charge is -2.07. The average molecular weight is 443 g/mol. The minimum atomic E-state index is 0.422. The maximum Gasteiger partial charge on any atom is 0.192 e. The van der Waals surface area contributed by atoms with Crippen molar-refractivity contribution in [2.24, 2.45) is 5.92 Å². The van der Waals surface area contributed by atoms with Crippen LogP contribution < -0.4 is 10.1 Å². The topological polar surface area (TPSA) is 45.0 Å². The van der Waals surface area contributed by atoms with Gasteiger partial charge in [-0.3, -0.25) is 0 Å². The van der Waals surface area contributed by atoms with Gasteiger partial charge in [-0.25, -0.2) is 0 Å². The van der Waals surface area contributed by atoms with E-state index in [4.69, 9.17) is 27.9 Å². The van der Waals surface area contributed by atoms with Crippen LogP contribution in [0, 0.1) is 17.2 Å². The zero-order chi connectivity index (χ0) is 20.2. The van der Waals surface area contributed by atoms with E-state index in [0.717, 1.165) is 35.7 Å². The number of hydrogen-bond acceptors (Lipinski definition) is 4. The number of nitriles is 1. The highest BCUT2D eigenvalue weighted by Gasteiger charge is 2.20. The first kappa shape index (κ1) is 20.3. The van der Waals surface area contributed by atoms with Crippen LogP contribution >= 0.6 is 34.5 Å². The molecule has 1 heterocycles. The van der Waals surface area contributed by atoms with Gasteiger partial charge in [0, 0.05) is 17.5 Å². The quantitative estimate of drug-likeness (QED) is 0.423. The van der Waals surface area contributed by atoms with Gasteiger partial charge in [0.1, 0.15) is 18.2 Å². The third kappa shape index (κ3) is 5.12. The Balaban J connectivity index is 1.40. The van der Waals surface area contributed by atoms with Crippen LogP contribution in [-0.2, 0) is 13.2 Å². The lowest BCUT2D eigenvalue weighted by Crippen LogP contribution is -2.16. The van der Waals surface area contributed by atoms with Crippen molar-refractivity contribution in [2.45, 2.75) is 26.0 Å². The summed E-state index contributed by atoms with van der Waals surface area (Å²) >= 11 is 13.5. The largest absolute Gasteiger partial charge is 0.478 e. The van der Waals surface area contributed by atoms with Gasteiger partial charge in [-0.15, -0.1) is 11.3 Å². The van der Waals surface area contributed by atoms with Crippen LogP contribution in [-0.4, -0.2) is 6.54 Å². The normalized spacial score (nSPS) is 13.3. The van der Waals surface area contributed by atoms with E-state index >= 15 is 0 Å². The molecule has 0 atom stereocenters. The van der Waals surface area contributed by atoms with Gasteiger partial charge in [-0.1, -0.05) is 53.5 Å². The van der Waals surface area contributed by atoms with E-state index in [2.05, 4.69) is 35.7 Å². The van der Waals surface area contributed by atoms with Crippen molar-refractivity contribution in [1.29, 1.82) is 5.26 Å². The highest BCUT2D eigenvalue weighted by atomic mass is 35.5. The Kier molecular flexibility index (Phi) is 6.42. The summed E-state index contributed by atoms with van der Waals surface area (Å²) in [6.45, 7) is 2.43. The first-order valence-corrected chi connectivity index (χ1v) is 11.2. The Morgan fingerprint density at radius 1 is 1.07 bits per heavy atom. The van der Waals surface area contributed by atoms with Crippen molar-refractivity contribution < 1.29 is 4.74 Å². The van der Waals surface area contributed by atoms with Crippen LogP contribution in [0.5, 0.6) is 5.06 Å². The predicted octanol–water partition coefficient (Wildman–Crippen LogP) is 6.67. The highest BCUT2D eigenvalue weighted by molar-refractivity contribution is 7.12. The zero-order valence-corrected chi connectivity index (χ0v) is 18.1. The van der Waals surface area contributed by atoms with Gasteiger partial charge >= 0.3 is 0 Å². The van der Waals surface area contributed by atoms with Crippen LogP contribution in [0.4, 0.5) is 0 Å². The Labute approximate surface area is 184 Å². The molecular weight excluding hydrogens is 423 g/mol. The molecule has 0 radical (unpaired) electrons. The average Bonchev–Trinajstić information content (AvgIpc) is 3.46. The maximum atomic E-state index is 9.64. The molecule has 0 spiro atoms. The minimum Gasteiger partial charge on any atom is -0.478 e. The monoisotopic (exact) mass is 442 g/mol. The first-order valence-electron chi connectivity index (χ1n) is 9.52. The molecule has 0 saturated heterocycles. The van der Waals surface area contributed by atoms with Gasteiger partial charge in [-0.2, -0.15) is 5.26 Å². The Morgan fingerprint density at radius 3 is 2.52 bits per heavy atom. The third-order valence-electron chi connectivity index (χ3n) is 4.95. The number of halogens is 2. The number of hydrogen-bond donors (Lipinski definition) is 1. The summed E-state index contributed by atoms with van der Waals surface area (Å²) in [4.78, 5) is 0. The van der Waals surface area contributed by atoms with Crippen molar-refractivity contribution in [3.63, 3.8) is 0 Å². The molecular formula is C23H20Cl2N2OS. The molecule has 148 valence electrons. The molecule has 1 N–H and O–H groups in total. The maximum absolute atomic E-state index is 9.64. The molecule has 0 bridgehead atoms. The minimum absolute atomic E-state index is 0.422. The molecule has 1 aliphatic carbocycles. The summed E-state index contributed by atoms with van der Waals surface area (Å²) < 4.78 is 5.95. The second-order valence-electron chi connectivity index (χ2n) is 7.23. The molecule has 6 heteroatoms. The lowest BCUT2D eigenvalue weighted by molar-refractivity contribution is 0.315. The number of rotatable bonds is 8. The second kappa shape index (κ2) is 9.19. The molecule has 0 unspecified atom stereocenters.